The van der Waals surface area contributed by atoms with Crippen molar-refractivity contribution in [3.63, 3.8) is 0 Å². The largest absolute Gasteiger partial charge is 0.368 e. The van der Waals surface area contributed by atoms with Crippen LogP contribution in [-0.4, -0.2) is 34.9 Å². The van der Waals surface area contributed by atoms with E-state index in [0.717, 1.165) is 36.7 Å². The van der Waals surface area contributed by atoms with E-state index in [4.69, 9.17) is 16.3 Å². The number of amides is 1. The van der Waals surface area contributed by atoms with Gasteiger partial charge in [-0.2, -0.15) is 5.10 Å². The normalized spacial score (nSPS) is 18.2. The van der Waals surface area contributed by atoms with E-state index in [1.807, 2.05) is 22.9 Å². The van der Waals surface area contributed by atoms with E-state index in [1.54, 1.807) is 6.20 Å². The van der Waals surface area contributed by atoms with Crippen LogP contribution < -0.4 is 5.32 Å². The fraction of sp³-hybridized carbons (Fsp3) is 0.467. The molecule has 0 spiro atoms. The number of nitrogens with zero attached hydrogens (tertiary/aromatic N) is 2. The minimum atomic E-state index is -0.255. The van der Waals surface area contributed by atoms with Crippen LogP contribution in [0.1, 0.15) is 19.3 Å². The highest BCUT2D eigenvalue weighted by molar-refractivity contribution is 6.35. The lowest BCUT2D eigenvalue weighted by Crippen LogP contribution is -2.35. The molecule has 1 aliphatic rings. The number of hydrogen-bond acceptors (Lipinski definition) is 3. The van der Waals surface area contributed by atoms with E-state index in [1.165, 1.54) is 0 Å². The Hall–Kier alpha value is -1.59. The van der Waals surface area contributed by atoms with Gasteiger partial charge in [0.1, 0.15) is 6.10 Å². The number of benzene rings is 1. The van der Waals surface area contributed by atoms with Gasteiger partial charge in [0.2, 0.25) is 5.91 Å². The van der Waals surface area contributed by atoms with Gasteiger partial charge in [-0.3, -0.25) is 9.48 Å². The molecule has 0 aliphatic carbocycles. The molecule has 5 nitrogen and oxygen atoms in total. The van der Waals surface area contributed by atoms with Gasteiger partial charge in [-0.15, -0.1) is 0 Å². The summed E-state index contributed by atoms with van der Waals surface area (Å²) in [6.45, 7) is 2.06. The van der Waals surface area contributed by atoms with Gasteiger partial charge in [-0.05, 0) is 31.4 Å². The Labute approximate surface area is 128 Å². The first kappa shape index (κ1) is 14.4. The second-order valence-electron chi connectivity index (χ2n) is 5.19. The quantitative estimate of drug-likeness (QED) is 0.863. The Bertz CT molecular complexity index is 635. The van der Waals surface area contributed by atoms with Crippen LogP contribution in [0, 0.1) is 0 Å². The average molecular weight is 308 g/mol. The molecule has 1 saturated heterocycles. The molecule has 0 radical (unpaired) electrons. The van der Waals surface area contributed by atoms with Crippen LogP contribution in [-0.2, 0) is 16.1 Å². The van der Waals surface area contributed by atoms with Crippen molar-refractivity contribution >= 4 is 28.4 Å². The summed E-state index contributed by atoms with van der Waals surface area (Å²) in [5.74, 6) is 0.000804. The molecule has 2 heterocycles. The number of ether oxygens (including phenoxy) is 1. The number of aromatic nitrogens is 2. The molecular formula is C15H18ClN3O2. The van der Waals surface area contributed by atoms with E-state index in [0.29, 0.717) is 18.2 Å². The number of hydrogen-bond donors (Lipinski definition) is 1. The maximum atomic E-state index is 11.8. The summed E-state index contributed by atoms with van der Waals surface area (Å²) in [4.78, 5) is 11.8. The SMILES string of the molecule is O=C(NCCCn1ncc2c(Cl)cccc21)[C@H]1CCCO1. The van der Waals surface area contributed by atoms with E-state index >= 15 is 0 Å². The van der Waals surface area contributed by atoms with Gasteiger partial charge in [0.05, 0.1) is 16.7 Å². The van der Waals surface area contributed by atoms with Gasteiger partial charge < -0.3 is 10.1 Å². The zero-order valence-corrected chi connectivity index (χ0v) is 12.5. The summed E-state index contributed by atoms with van der Waals surface area (Å²) in [7, 11) is 0. The number of fused-ring (bicyclic) bond motifs is 1. The molecular weight excluding hydrogens is 290 g/mol. The third-order valence-electron chi connectivity index (χ3n) is 3.70. The average Bonchev–Trinajstić information content (AvgIpc) is 3.14. The van der Waals surface area contributed by atoms with Crippen LogP contribution in [0.3, 0.4) is 0 Å². The summed E-state index contributed by atoms with van der Waals surface area (Å²) in [5, 5.41) is 8.93. The van der Waals surface area contributed by atoms with Crippen molar-refractivity contribution < 1.29 is 9.53 Å². The number of nitrogens with one attached hydrogen (secondary N) is 1. The highest BCUT2D eigenvalue weighted by atomic mass is 35.5. The highest BCUT2D eigenvalue weighted by Gasteiger charge is 2.22. The topological polar surface area (TPSA) is 56.2 Å². The molecule has 1 N–H and O–H groups in total. The van der Waals surface area contributed by atoms with Crippen molar-refractivity contribution in [1.29, 1.82) is 0 Å². The van der Waals surface area contributed by atoms with Gasteiger partial charge in [0, 0.05) is 25.1 Å². The monoisotopic (exact) mass is 307 g/mol. The molecule has 6 heteroatoms. The second kappa shape index (κ2) is 6.45. The minimum Gasteiger partial charge on any atom is -0.368 e. The molecule has 1 amide bonds. The Kier molecular flexibility index (Phi) is 4.41. The third-order valence-corrected chi connectivity index (χ3v) is 4.03. The van der Waals surface area contributed by atoms with Crippen molar-refractivity contribution in [3.8, 4) is 0 Å². The molecule has 0 saturated carbocycles. The number of rotatable bonds is 5. The maximum Gasteiger partial charge on any atom is 0.249 e. The molecule has 1 aromatic heterocycles. The van der Waals surface area contributed by atoms with Crippen LogP contribution in [0.15, 0.2) is 24.4 Å². The minimum absolute atomic E-state index is 0.000804. The van der Waals surface area contributed by atoms with Crippen LogP contribution in [0.5, 0.6) is 0 Å². The van der Waals surface area contributed by atoms with Crippen LogP contribution in [0.2, 0.25) is 5.02 Å². The Morgan fingerprint density at radius 2 is 2.43 bits per heavy atom. The first-order valence-electron chi connectivity index (χ1n) is 7.25. The zero-order chi connectivity index (χ0) is 14.7. The summed E-state index contributed by atoms with van der Waals surface area (Å²) in [5.41, 5.74) is 1.02. The Morgan fingerprint density at radius 3 is 3.24 bits per heavy atom. The Morgan fingerprint density at radius 1 is 1.52 bits per heavy atom. The standard InChI is InChI=1S/C15H18ClN3O2/c16-12-4-1-5-13-11(12)10-18-19(13)8-3-7-17-15(20)14-6-2-9-21-14/h1,4-5,10,14H,2-3,6-9H2,(H,17,20)/t14-/m1/s1. The lowest BCUT2D eigenvalue weighted by Gasteiger charge is -2.10. The lowest BCUT2D eigenvalue weighted by atomic mass is 10.2. The van der Waals surface area contributed by atoms with E-state index < -0.39 is 0 Å². The molecule has 1 fully saturated rings. The molecule has 0 bridgehead atoms. The van der Waals surface area contributed by atoms with Crippen molar-refractivity contribution in [3.05, 3.63) is 29.4 Å². The summed E-state index contributed by atoms with van der Waals surface area (Å²) in [6, 6.07) is 5.78. The number of aryl methyl sites for hydroxylation is 1. The van der Waals surface area contributed by atoms with Crippen molar-refractivity contribution in [2.24, 2.45) is 0 Å². The van der Waals surface area contributed by atoms with Crippen molar-refractivity contribution in [2.45, 2.75) is 31.9 Å². The van der Waals surface area contributed by atoms with Crippen LogP contribution in [0.25, 0.3) is 10.9 Å². The van der Waals surface area contributed by atoms with E-state index in [-0.39, 0.29) is 12.0 Å². The fourth-order valence-corrected chi connectivity index (χ4v) is 2.80. The number of carbonyl (C=O) groups is 1. The van der Waals surface area contributed by atoms with Gasteiger partial charge in [-0.1, -0.05) is 17.7 Å². The van der Waals surface area contributed by atoms with Crippen molar-refractivity contribution in [1.82, 2.24) is 15.1 Å². The molecule has 1 aromatic carbocycles. The summed E-state index contributed by atoms with van der Waals surface area (Å²) >= 11 is 6.12. The maximum absolute atomic E-state index is 11.8. The van der Waals surface area contributed by atoms with Gasteiger partial charge in [-0.25, -0.2) is 0 Å². The molecule has 3 rings (SSSR count). The molecule has 2 aromatic rings. The smallest absolute Gasteiger partial charge is 0.249 e. The molecule has 21 heavy (non-hydrogen) atoms. The predicted octanol–water partition coefficient (Wildman–Crippen LogP) is 2.38. The molecule has 112 valence electrons. The van der Waals surface area contributed by atoms with Crippen LogP contribution >= 0.6 is 11.6 Å². The summed E-state index contributed by atoms with van der Waals surface area (Å²) in [6.07, 6.45) is 4.14. The molecule has 0 unspecified atom stereocenters. The third kappa shape index (κ3) is 3.19. The number of carbonyl (C=O) groups excluding carboxylic acids is 1. The predicted molar refractivity (Wildman–Crippen MR) is 81.3 cm³/mol. The van der Waals surface area contributed by atoms with Gasteiger partial charge in [0.15, 0.2) is 0 Å². The Balaban J connectivity index is 1.50. The van der Waals surface area contributed by atoms with E-state index in [2.05, 4.69) is 10.4 Å². The lowest BCUT2D eigenvalue weighted by molar-refractivity contribution is -0.130. The molecule has 1 atom stereocenters. The summed E-state index contributed by atoms with van der Waals surface area (Å²) < 4.78 is 7.26. The fourth-order valence-electron chi connectivity index (χ4n) is 2.59. The van der Waals surface area contributed by atoms with Crippen molar-refractivity contribution in [2.75, 3.05) is 13.2 Å². The highest BCUT2D eigenvalue weighted by Crippen LogP contribution is 2.22. The second-order valence-corrected chi connectivity index (χ2v) is 5.59. The van der Waals surface area contributed by atoms with E-state index in [9.17, 15) is 4.79 Å². The number of halogens is 1. The molecule has 1 aliphatic heterocycles. The van der Waals surface area contributed by atoms with Gasteiger partial charge >= 0.3 is 0 Å². The zero-order valence-electron chi connectivity index (χ0n) is 11.7. The first-order valence-corrected chi connectivity index (χ1v) is 7.63. The van der Waals surface area contributed by atoms with Gasteiger partial charge in [0.25, 0.3) is 0 Å². The first-order chi connectivity index (χ1) is 10.3. The van der Waals surface area contributed by atoms with Crippen LogP contribution in [0.4, 0.5) is 0 Å².